The molecule has 1 amide bonds. The van der Waals surface area contributed by atoms with Gasteiger partial charge in [0.15, 0.2) is 0 Å². The summed E-state index contributed by atoms with van der Waals surface area (Å²) < 4.78 is 0. The number of carbonyl (C=O) groups excluding carboxylic acids is 1. The fourth-order valence-corrected chi connectivity index (χ4v) is 1.18. The van der Waals surface area contributed by atoms with Gasteiger partial charge in [0.2, 0.25) is 5.91 Å². The Morgan fingerprint density at radius 1 is 1.23 bits per heavy atom. The third-order valence-electron chi connectivity index (χ3n) is 1.88. The van der Waals surface area contributed by atoms with Gasteiger partial charge in [-0.05, 0) is 40.4 Å². The summed E-state index contributed by atoms with van der Waals surface area (Å²) in [6.07, 6.45) is 4.03. The van der Waals surface area contributed by atoms with Crippen molar-refractivity contribution in [2.75, 3.05) is 27.2 Å². The molecule has 3 heteroatoms. The topological polar surface area (TPSA) is 32.3 Å². The zero-order valence-corrected chi connectivity index (χ0v) is 9.10. The first-order chi connectivity index (χ1) is 6.16. The first-order valence-electron chi connectivity index (χ1n) is 5.08. The molecule has 0 spiro atoms. The standard InChI is InChI=1S/C10H22N2O/c1-4-11-10(13)8-6-5-7-9-12(2)3/h4-9H2,1-3H3,(H,11,13). The number of rotatable bonds is 7. The Labute approximate surface area is 81.5 Å². The van der Waals surface area contributed by atoms with Crippen LogP contribution in [-0.2, 0) is 4.79 Å². The average Bonchev–Trinajstić information content (AvgIpc) is 2.03. The molecule has 0 aromatic heterocycles. The van der Waals surface area contributed by atoms with Crippen LogP contribution in [0.2, 0.25) is 0 Å². The molecule has 78 valence electrons. The lowest BCUT2D eigenvalue weighted by molar-refractivity contribution is -0.121. The molecule has 0 aliphatic heterocycles. The molecule has 0 radical (unpaired) electrons. The summed E-state index contributed by atoms with van der Waals surface area (Å²) in [4.78, 5) is 13.2. The Morgan fingerprint density at radius 3 is 2.46 bits per heavy atom. The third kappa shape index (κ3) is 9.34. The first kappa shape index (κ1) is 12.4. The molecule has 13 heavy (non-hydrogen) atoms. The van der Waals surface area contributed by atoms with Gasteiger partial charge in [0.1, 0.15) is 0 Å². The highest BCUT2D eigenvalue weighted by Crippen LogP contribution is 1.99. The van der Waals surface area contributed by atoms with Gasteiger partial charge in [0.25, 0.3) is 0 Å². The number of nitrogens with one attached hydrogen (secondary N) is 1. The normalized spacial score (nSPS) is 10.5. The number of nitrogens with zero attached hydrogens (tertiary/aromatic N) is 1. The van der Waals surface area contributed by atoms with E-state index in [1.807, 2.05) is 6.92 Å². The van der Waals surface area contributed by atoms with Crippen LogP contribution in [0.5, 0.6) is 0 Å². The van der Waals surface area contributed by atoms with Crippen molar-refractivity contribution in [2.24, 2.45) is 0 Å². The van der Waals surface area contributed by atoms with E-state index in [4.69, 9.17) is 0 Å². The van der Waals surface area contributed by atoms with E-state index in [-0.39, 0.29) is 5.91 Å². The molecule has 0 aromatic rings. The van der Waals surface area contributed by atoms with Crippen LogP contribution in [0.25, 0.3) is 0 Å². The summed E-state index contributed by atoms with van der Waals surface area (Å²) in [7, 11) is 4.15. The van der Waals surface area contributed by atoms with Gasteiger partial charge in [-0.2, -0.15) is 0 Å². The van der Waals surface area contributed by atoms with Crippen LogP contribution >= 0.6 is 0 Å². The zero-order chi connectivity index (χ0) is 10.1. The van der Waals surface area contributed by atoms with Crippen LogP contribution in [0.15, 0.2) is 0 Å². The number of unbranched alkanes of at least 4 members (excludes halogenated alkanes) is 2. The highest BCUT2D eigenvalue weighted by molar-refractivity contribution is 5.75. The van der Waals surface area contributed by atoms with E-state index >= 15 is 0 Å². The van der Waals surface area contributed by atoms with Crippen molar-refractivity contribution in [3.05, 3.63) is 0 Å². The van der Waals surface area contributed by atoms with Crippen molar-refractivity contribution >= 4 is 5.91 Å². The lowest BCUT2D eigenvalue weighted by Crippen LogP contribution is -2.22. The van der Waals surface area contributed by atoms with Gasteiger partial charge in [-0.3, -0.25) is 4.79 Å². The van der Waals surface area contributed by atoms with E-state index in [0.29, 0.717) is 6.42 Å². The van der Waals surface area contributed by atoms with Gasteiger partial charge in [-0.1, -0.05) is 6.42 Å². The summed E-state index contributed by atoms with van der Waals surface area (Å²) >= 11 is 0. The Morgan fingerprint density at radius 2 is 1.92 bits per heavy atom. The SMILES string of the molecule is CCNC(=O)CCCCCN(C)C. The predicted molar refractivity (Wildman–Crippen MR) is 55.7 cm³/mol. The monoisotopic (exact) mass is 186 g/mol. The molecule has 0 saturated heterocycles. The first-order valence-corrected chi connectivity index (χ1v) is 5.08. The molecule has 0 bridgehead atoms. The minimum Gasteiger partial charge on any atom is -0.356 e. The maximum atomic E-state index is 11.0. The van der Waals surface area contributed by atoms with Crippen molar-refractivity contribution in [3.63, 3.8) is 0 Å². The molecule has 0 heterocycles. The van der Waals surface area contributed by atoms with Crippen molar-refractivity contribution in [1.82, 2.24) is 10.2 Å². The Balaban J connectivity index is 3.11. The summed E-state index contributed by atoms with van der Waals surface area (Å²) in [5.74, 6) is 0.187. The van der Waals surface area contributed by atoms with E-state index in [0.717, 1.165) is 25.9 Å². The van der Waals surface area contributed by atoms with Crippen LogP contribution in [-0.4, -0.2) is 38.0 Å². The van der Waals surface area contributed by atoms with Gasteiger partial charge in [0, 0.05) is 13.0 Å². The maximum absolute atomic E-state index is 11.0. The maximum Gasteiger partial charge on any atom is 0.219 e. The molecule has 0 atom stereocenters. The van der Waals surface area contributed by atoms with Gasteiger partial charge in [-0.25, -0.2) is 0 Å². The fraction of sp³-hybridized carbons (Fsp3) is 0.900. The van der Waals surface area contributed by atoms with E-state index < -0.39 is 0 Å². The second-order valence-electron chi connectivity index (χ2n) is 3.57. The summed E-state index contributed by atoms with van der Waals surface area (Å²) in [6.45, 7) is 3.82. The minimum absolute atomic E-state index is 0.187. The Hall–Kier alpha value is -0.570. The van der Waals surface area contributed by atoms with Crippen molar-refractivity contribution in [3.8, 4) is 0 Å². The quantitative estimate of drug-likeness (QED) is 0.607. The molecule has 0 aromatic carbocycles. The van der Waals surface area contributed by atoms with Gasteiger partial charge >= 0.3 is 0 Å². The fourth-order valence-electron chi connectivity index (χ4n) is 1.18. The molecular weight excluding hydrogens is 164 g/mol. The van der Waals surface area contributed by atoms with Crippen LogP contribution in [0.4, 0.5) is 0 Å². The number of amides is 1. The zero-order valence-electron chi connectivity index (χ0n) is 9.10. The summed E-state index contributed by atoms with van der Waals surface area (Å²) in [5, 5.41) is 2.80. The van der Waals surface area contributed by atoms with Crippen LogP contribution in [0.1, 0.15) is 32.6 Å². The van der Waals surface area contributed by atoms with Crippen molar-refractivity contribution in [1.29, 1.82) is 0 Å². The molecule has 0 fully saturated rings. The third-order valence-corrected chi connectivity index (χ3v) is 1.88. The average molecular weight is 186 g/mol. The molecule has 0 aliphatic rings. The smallest absolute Gasteiger partial charge is 0.219 e. The Bertz CT molecular complexity index is 135. The number of hydrogen-bond donors (Lipinski definition) is 1. The molecule has 0 rings (SSSR count). The van der Waals surface area contributed by atoms with Gasteiger partial charge in [-0.15, -0.1) is 0 Å². The second-order valence-corrected chi connectivity index (χ2v) is 3.57. The molecular formula is C10H22N2O. The number of hydrogen-bond acceptors (Lipinski definition) is 2. The second kappa shape index (κ2) is 8.05. The lowest BCUT2D eigenvalue weighted by atomic mass is 10.2. The van der Waals surface area contributed by atoms with Crippen molar-refractivity contribution in [2.45, 2.75) is 32.6 Å². The van der Waals surface area contributed by atoms with Crippen LogP contribution in [0, 0.1) is 0 Å². The highest BCUT2D eigenvalue weighted by Gasteiger charge is 1.98. The van der Waals surface area contributed by atoms with E-state index in [1.165, 1.54) is 6.42 Å². The molecule has 0 aliphatic carbocycles. The van der Waals surface area contributed by atoms with E-state index in [9.17, 15) is 4.79 Å². The van der Waals surface area contributed by atoms with Crippen molar-refractivity contribution < 1.29 is 4.79 Å². The summed E-state index contributed by atoms with van der Waals surface area (Å²) in [5.41, 5.74) is 0. The van der Waals surface area contributed by atoms with Crippen LogP contribution in [0.3, 0.4) is 0 Å². The van der Waals surface area contributed by atoms with Gasteiger partial charge < -0.3 is 10.2 Å². The highest BCUT2D eigenvalue weighted by atomic mass is 16.1. The molecule has 1 N–H and O–H groups in total. The van der Waals surface area contributed by atoms with Crippen LogP contribution < -0.4 is 5.32 Å². The lowest BCUT2D eigenvalue weighted by Gasteiger charge is -2.08. The number of carbonyl (C=O) groups is 1. The Kier molecular flexibility index (Phi) is 7.69. The van der Waals surface area contributed by atoms with E-state index in [1.54, 1.807) is 0 Å². The van der Waals surface area contributed by atoms with E-state index in [2.05, 4.69) is 24.3 Å². The largest absolute Gasteiger partial charge is 0.356 e. The molecule has 3 nitrogen and oxygen atoms in total. The molecule has 0 saturated carbocycles. The molecule has 0 unspecified atom stereocenters. The minimum atomic E-state index is 0.187. The van der Waals surface area contributed by atoms with Gasteiger partial charge in [0.05, 0.1) is 0 Å². The predicted octanol–water partition coefficient (Wildman–Crippen LogP) is 1.24. The summed E-state index contributed by atoms with van der Waals surface area (Å²) in [6, 6.07) is 0.